The van der Waals surface area contributed by atoms with Crippen molar-refractivity contribution in [1.29, 1.82) is 0 Å². The molecule has 2 aliphatic rings. The van der Waals surface area contributed by atoms with Crippen molar-refractivity contribution in [2.24, 2.45) is 11.3 Å². The van der Waals surface area contributed by atoms with E-state index in [1.807, 2.05) is 11.8 Å². The van der Waals surface area contributed by atoms with Crippen LogP contribution < -0.4 is 0 Å². The molecular weight excluding hydrogens is 336 g/mol. The van der Waals surface area contributed by atoms with E-state index in [0.717, 1.165) is 25.9 Å². The lowest BCUT2D eigenvalue weighted by atomic mass is 9.71. The van der Waals surface area contributed by atoms with Crippen LogP contribution in [0, 0.1) is 11.3 Å². The summed E-state index contributed by atoms with van der Waals surface area (Å²) in [5, 5.41) is 10.2. The highest BCUT2D eigenvalue weighted by molar-refractivity contribution is 8.00. The van der Waals surface area contributed by atoms with E-state index in [-0.39, 0.29) is 17.2 Å². The van der Waals surface area contributed by atoms with Crippen molar-refractivity contribution in [3.05, 3.63) is 11.6 Å². The van der Waals surface area contributed by atoms with Gasteiger partial charge in [-0.2, -0.15) is 0 Å². The predicted molar refractivity (Wildman–Crippen MR) is 103 cm³/mol. The van der Waals surface area contributed by atoms with Gasteiger partial charge >= 0.3 is 5.97 Å². The van der Waals surface area contributed by atoms with E-state index in [0.29, 0.717) is 30.6 Å². The number of hydrogen-bond acceptors (Lipinski definition) is 4. The molecule has 0 bridgehead atoms. The number of carbonyl (C=O) groups excluding carboxylic acids is 1. The van der Waals surface area contributed by atoms with Crippen molar-refractivity contribution in [2.75, 3.05) is 38.5 Å². The molecule has 0 aromatic carbocycles. The van der Waals surface area contributed by atoms with Crippen LogP contribution >= 0.6 is 11.8 Å². The molecule has 1 N–H and O–H groups in total. The summed E-state index contributed by atoms with van der Waals surface area (Å²) >= 11 is 1.67. The van der Waals surface area contributed by atoms with Crippen molar-refractivity contribution in [2.45, 2.75) is 45.8 Å². The van der Waals surface area contributed by atoms with Crippen LogP contribution in [-0.2, 0) is 9.59 Å². The number of likely N-dealkylation sites (tertiary alicyclic amines) is 2. The summed E-state index contributed by atoms with van der Waals surface area (Å²) in [6, 6.07) is 0. The van der Waals surface area contributed by atoms with Gasteiger partial charge in [0.05, 0.1) is 11.7 Å². The van der Waals surface area contributed by atoms with Gasteiger partial charge < -0.3 is 10.0 Å². The second kappa shape index (κ2) is 8.58. The lowest BCUT2D eigenvalue weighted by molar-refractivity contribution is -0.146. The Morgan fingerprint density at radius 1 is 1.32 bits per heavy atom. The Morgan fingerprint density at radius 3 is 2.48 bits per heavy atom. The van der Waals surface area contributed by atoms with Crippen LogP contribution in [0.4, 0.5) is 0 Å². The van der Waals surface area contributed by atoms with Crippen molar-refractivity contribution in [3.63, 3.8) is 0 Å². The van der Waals surface area contributed by atoms with Crippen molar-refractivity contribution < 1.29 is 14.7 Å². The van der Waals surface area contributed by atoms with Gasteiger partial charge in [0.25, 0.3) is 0 Å². The van der Waals surface area contributed by atoms with E-state index >= 15 is 0 Å². The highest BCUT2D eigenvalue weighted by atomic mass is 32.2. The number of allylic oxidation sites excluding steroid dienone is 1. The maximum Gasteiger partial charge on any atom is 0.308 e. The molecule has 25 heavy (non-hydrogen) atoms. The fraction of sp³-hybridized carbons (Fsp3) is 0.789. The Bertz CT molecular complexity index is 525. The van der Waals surface area contributed by atoms with Crippen LogP contribution in [0.3, 0.4) is 0 Å². The van der Waals surface area contributed by atoms with Gasteiger partial charge in [-0.15, -0.1) is 11.8 Å². The van der Waals surface area contributed by atoms with Crippen LogP contribution in [0.15, 0.2) is 11.6 Å². The Hall–Kier alpha value is -1.01. The monoisotopic (exact) mass is 368 g/mol. The summed E-state index contributed by atoms with van der Waals surface area (Å²) in [4.78, 5) is 28.4. The summed E-state index contributed by atoms with van der Waals surface area (Å²) in [6.45, 7) is 12.0. The average molecular weight is 369 g/mol. The third kappa shape index (κ3) is 5.00. The van der Waals surface area contributed by atoms with Crippen molar-refractivity contribution in [1.82, 2.24) is 9.80 Å². The number of amides is 1. The molecule has 1 unspecified atom stereocenters. The molecule has 2 aliphatic heterocycles. The molecule has 2 rings (SSSR count). The number of aliphatic carboxylic acids is 1. The topological polar surface area (TPSA) is 60.9 Å². The SMILES string of the molecule is C/C=C(\C)CN1CC(C(=O)O)C2(CCN(C(=O)CSC(C)C)CC2)C1. The van der Waals surface area contributed by atoms with E-state index in [4.69, 9.17) is 0 Å². The molecule has 2 saturated heterocycles. The van der Waals surface area contributed by atoms with Gasteiger partial charge in [0.1, 0.15) is 0 Å². The highest BCUT2D eigenvalue weighted by Gasteiger charge is 2.51. The number of carboxylic acid groups (broad SMARTS) is 1. The Kier molecular flexibility index (Phi) is 6.97. The largest absolute Gasteiger partial charge is 0.481 e. The third-order valence-electron chi connectivity index (χ3n) is 5.63. The maximum atomic E-state index is 12.3. The Labute approximate surface area is 155 Å². The molecule has 5 nitrogen and oxygen atoms in total. The Balaban J connectivity index is 1.98. The minimum absolute atomic E-state index is 0.179. The number of piperidine rings is 1. The lowest BCUT2D eigenvalue weighted by Crippen LogP contribution is -2.48. The molecule has 0 aliphatic carbocycles. The molecule has 1 amide bonds. The van der Waals surface area contributed by atoms with E-state index in [1.165, 1.54) is 5.57 Å². The molecule has 1 atom stereocenters. The molecule has 0 aromatic rings. The van der Waals surface area contributed by atoms with Gasteiger partial charge in [-0.1, -0.05) is 25.5 Å². The van der Waals surface area contributed by atoms with Crippen LogP contribution in [0.25, 0.3) is 0 Å². The third-order valence-corrected chi connectivity index (χ3v) is 6.71. The minimum Gasteiger partial charge on any atom is -0.481 e. The van der Waals surface area contributed by atoms with Crippen LogP contribution in [-0.4, -0.2) is 70.5 Å². The molecular formula is C19H32N2O3S. The summed E-state index contributed by atoms with van der Waals surface area (Å²) in [6.07, 6.45) is 3.69. The zero-order valence-electron chi connectivity index (χ0n) is 16.0. The van der Waals surface area contributed by atoms with Crippen LogP contribution in [0.1, 0.15) is 40.5 Å². The first-order valence-electron chi connectivity index (χ1n) is 9.24. The van der Waals surface area contributed by atoms with Crippen LogP contribution in [0.2, 0.25) is 0 Å². The molecule has 1 spiro atoms. The van der Waals surface area contributed by atoms with E-state index in [9.17, 15) is 14.7 Å². The smallest absolute Gasteiger partial charge is 0.308 e. The highest BCUT2D eigenvalue weighted by Crippen LogP contribution is 2.45. The first-order valence-corrected chi connectivity index (χ1v) is 10.3. The summed E-state index contributed by atoms with van der Waals surface area (Å²) in [5.74, 6) is -0.283. The fourth-order valence-electron chi connectivity index (χ4n) is 4.01. The molecule has 6 heteroatoms. The normalized spacial score (nSPS) is 24.3. The van der Waals surface area contributed by atoms with Gasteiger partial charge in [0.2, 0.25) is 5.91 Å². The van der Waals surface area contributed by atoms with E-state index < -0.39 is 5.97 Å². The molecule has 0 radical (unpaired) electrons. The quantitative estimate of drug-likeness (QED) is 0.731. The van der Waals surface area contributed by atoms with Gasteiger partial charge in [-0.3, -0.25) is 14.5 Å². The number of carboxylic acids is 1. The molecule has 0 saturated carbocycles. The summed E-state index contributed by atoms with van der Waals surface area (Å²) in [5.41, 5.74) is 1.10. The summed E-state index contributed by atoms with van der Waals surface area (Å²) < 4.78 is 0. The van der Waals surface area contributed by atoms with Crippen LogP contribution in [0.5, 0.6) is 0 Å². The number of carbonyl (C=O) groups is 2. The van der Waals surface area contributed by atoms with E-state index in [2.05, 4.69) is 31.7 Å². The zero-order chi connectivity index (χ0) is 18.6. The van der Waals surface area contributed by atoms with E-state index in [1.54, 1.807) is 11.8 Å². The number of nitrogens with zero attached hydrogens (tertiary/aromatic N) is 2. The number of thioether (sulfide) groups is 1. The molecule has 2 fully saturated rings. The van der Waals surface area contributed by atoms with Crippen molar-refractivity contribution >= 4 is 23.6 Å². The fourth-order valence-corrected chi connectivity index (χ4v) is 4.67. The average Bonchev–Trinajstić information content (AvgIpc) is 2.91. The number of rotatable bonds is 6. The predicted octanol–water partition coefficient (Wildman–Crippen LogP) is 2.72. The second-order valence-electron chi connectivity index (χ2n) is 7.80. The standard InChI is InChI=1S/C19H32N2O3S/c1-5-15(4)10-20-11-16(18(23)24)19(13-20)6-8-21(9-7-19)17(22)12-25-14(2)3/h5,14,16H,6-13H2,1-4H3,(H,23,24)/b15-5+. The second-order valence-corrected chi connectivity index (χ2v) is 9.36. The first kappa shape index (κ1) is 20.3. The number of hydrogen-bond donors (Lipinski definition) is 1. The van der Waals surface area contributed by atoms with Gasteiger partial charge in [0.15, 0.2) is 0 Å². The van der Waals surface area contributed by atoms with Gasteiger partial charge in [-0.25, -0.2) is 0 Å². The molecule has 0 aromatic heterocycles. The summed E-state index contributed by atoms with van der Waals surface area (Å²) in [7, 11) is 0. The molecule has 142 valence electrons. The first-order chi connectivity index (χ1) is 11.8. The molecule has 2 heterocycles. The van der Waals surface area contributed by atoms with Crippen molar-refractivity contribution in [3.8, 4) is 0 Å². The minimum atomic E-state index is -0.684. The van der Waals surface area contributed by atoms with Gasteiger partial charge in [0, 0.05) is 38.1 Å². The lowest BCUT2D eigenvalue weighted by Gasteiger charge is -2.41. The van der Waals surface area contributed by atoms with Gasteiger partial charge in [-0.05, 0) is 31.9 Å². The maximum absolute atomic E-state index is 12.3. The zero-order valence-corrected chi connectivity index (χ0v) is 16.8. The Morgan fingerprint density at radius 2 is 1.96 bits per heavy atom.